The number of nitriles is 1. The quantitative estimate of drug-likeness (QED) is 0.810. The molecule has 20 heavy (non-hydrogen) atoms. The van der Waals surface area contributed by atoms with Crippen LogP contribution in [0.15, 0.2) is 0 Å². The fourth-order valence-corrected chi connectivity index (χ4v) is 3.54. The Bertz CT molecular complexity index is 385. The molecule has 0 aromatic heterocycles. The van der Waals surface area contributed by atoms with Crippen LogP contribution in [0.4, 0.5) is 0 Å². The van der Waals surface area contributed by atoms with Gasteiger partial charge in [-0.25, -0.2) is 0 Å². The number of piperidine rings is 1. The molecule has 1 heterocycles. The Balaban J connectivity index is 1.94. The Hall–Kier alpha value is -1.12. The van der Waals surface area contributed by atoms with Crippen molar-refractivity contribution in [2.45, 2.75) is 69.5 Å². The number of hydrogen-bond acceptors (Lipinski definition) is 4. The molecule has 0 aromatic rings. The smallest absolute Gasteiger partial charge is 0.235 e. The Morgan fingerprint density at radius 3 is 2.70 bits per heavy atom. The van der Waals surface area contributed by atoms with Gasteiger partial charge in [0.15, 0.2) is 0 Å². The lowest BCUT2D eigenvalue weighted by atomic mass is 9.96. The van der Waals surface area contributed by atoms with Gasteiger partial charge in [0.05, 0.1) is 19.2 Å². The second-order valence-corrected chi connectivity index (χ2v) is 6.24. The van der Waals surface area contributed by atoms with E-state index in [-0.39, 0.29) is 25.1 Å². The number of nitrogens with one attached hydrogen (secondary N) is 1. The van der Waals surface area contributed by atoms with E-state index in [1.54, 1.807) is 0 Å². The monoisotopic (exact) mass is 279 g/mol. The molecule has 5 heteroatoms. The summed E-state index contributed by atoms with van der Waals surface area (Å²) in [7, 11) is 0. The van der Waals surface area contributed by atoms with Gasteiger partial charge in [-0.15, -0.1) is 0 Å². The highest BCUT2D eigenvalue weighted by atomic mass is 16.3. The molecule has 2 aliphatic rings. The summed E-state index contributed by atoms with van der Waals surface area (Å²) in [6.45, 7) is 2.49. The van der Waals surface area contributed by atoms with Crippen molar-refractivity contribution in [2.24, 2.45) is 0 Å². The molecule has 0 radical (unpaired) electrons. The molecule has 112 valence electrons. The molecular formula is C15H25N3O2. The summed E-state index contributed by atoms with van der Waals surface area (Å²) < 4.78 is 0. The highest BCUT2D eigenvalue weighted by Gasteiger charge is 2.36. The van der Waals surface area contributed by atoms with Crippen molar-refractivity contribution >= 4 is 5.91 Å². The number of rotatable bonds is 4. The maximum absolute atomic E-state index is 12.3. The molecular weight excluding hydrogens is 254 g/mol. The molecule has 1 saturated heterocycles. The van der Waals surface area contributed by atoms with Gasteiger partial charge in [-0.2, -0.15) is 5.26 Å². The van der Waals surface area contributed by atoms with Crippen molar-refractivity contribution in [1.82, 2.24) is 10.2 Å². The van der Waals surface area contributed by atoms with Crippen LogP contribution >= 0.6 is 0 Å². The lowest BCUT2D eigenvalue weighted by Crippen LogP contribution is -2.54. The first-order valence-electron chi connectivity index (χ1n) is 7.69. The van der Waals surface area contributed by atoms with Crippen LogP contribution in [0.3, 0.4) is 0 Å². The van der Waals surface area contributed by atoms with Crippen LogP contribution in [-0.2, 0) is 4.79 Å². The molecule has 0 bridgehead atoms. The van der Waals surface area contributed by atoms with Crippen molar-refractivity contribution in [3.63, 3.8) is 0 Å². The zero-order valence-corrected chi connectivity index (χ0v) is 12.3. The van der Waals surface area contributed by atoms with E-state index < -0.39 is 5.54 Å². The average Bonchev–Trinajstić information content (AvgIpc) is 2.90. The lowest BCUT2D eigenvalue weighted by Gasteiger charge is -2.39. The van der Waals surface area contributed by atoms with E-state index in [9.17, 15) is 15.2 Å². The molecule has 2 unspecified atom stereocenters. The molecule has 1 amide bonds. The van der Waals surface area contributed by atoms with Gasteiger partial charge in [-0.05, 0) is 45.4 Å². The third-order valence-electron chi connectivity index (χ3n) is 4.78. The largest absolute Gasteiger partial charge is 0.395 e. The number of carbonyl (C=O) groups is 1. The summed E-state index contributed by atoms with van der Waals surface area (Å²) in [5, 5.41) is 21.7. The van der Waals surface area contributed by atoms with Crippen LogP contribution in [0.5, 0.6) is 0 Å². The number of hydrogen-bond donors (Lipinski definition) is 2. The first-order valence-corrected chi connectivity index (χ1v) is 7.69. The fourth-order valence-electron chi connectivity index (χ4n) is 3.54. The van der Waals surface area contributed by atoms with Crippen LogP contribution in [0, 0.1) is 11.3 Å². The molecule has 1 aliphatic carbocycles. The standard InChI is InChI=1S/C15H25N3O2/c1-12-5-4-6-13(10-19)18(12)9-14(20)17-15(11-16)7-2-3-8-15/h12-13,19H,2-10H2,1H3,(H,17,20). The van der Waals surface area contributed by atoms with Crippen LogP contribution in [0.2, 0.25) is 0 Å². The minimum absolute atomic E-state index is 0.0751. The maximum atomic E-state index is 12.3. The molecule has 5 nitrogen and oxygen atoms in total. The van der Waals surface area contributed by atoms with Crippen molar-refractivity contribution < 1.29 is 9.90 Å². The highest BCUT2D eigenvalue weighted by molar-refractivity contribution is 5.79. The third-order valence-corrected chi connectivity index (χ3v) is 4.78. The van der Waals surface area contributed by atoms with E-state index in [1.165, 1.54) is 0 Å². The van der Waals surface area contributed by atoms with E-state index in [1.807, 2.05) is 0 Å². The first kappa shape index (κ1) is 15.3. The number of amides is 1. The molecule has 2 atom stereocenters. The number of carbonyl (C=O) groups excluding carboxylic acids is 1. The van der Waals surface area contributed by atoms with Gasteiger partial charge in [0.1, 0.15) is 5.54 Å². The van der Waals surface area contributed by atoms with Crippen molar-refractivity contribution in [3.8, 4) is 6.07 Å². The number of aliphatic hydroxyl groups excluding tert-OH is 1. The highest BCUT2D eigenvalue weighted by Crippen LogP contribution is 2.29. The molecule has 1 aliphatic heterocycles. The predicted molar refractivity (Wildman–Crippen MR) is 75.8 cm³/mol. The van der Waals surface area contributed by atoms with E-state index in [2.05, 4.69) is 23.2 Å². The summed E-state index contributed by atoms with van der Waals surface area (Å²) >= 11 is 0. The van der Waals surface area contributed by atoms with Gasteiger partial charge in [0.25, 0.3) is 0 Å². The van der Waals surface area contributed by atoms with Gasteiger partial charge < -0.3 is 10.4 Å². The Morgan fingerprint density at radius 1 is 1.40 bits per heavy atom. The summed E-state index contributed by atoms with van der Waals surface area (Å²) in [6, 6.07) is 2.67. The Labute approximate surface area is 120 Å². The van der Waals surface area contributed by atoms with Crippen molar-refractivity contribution in [2.75, 3.05) is 13.2 Å². The average molecular weight is 279 g/mol. The molecule has 0 spiro atoms. The molecule has 2 rings (SSSR count). The fraction of sp³-hybridized carbons (Fsp3) is 0.867. The topological polar surface area (TPSA) is 76.4 Å². The second kappa shape index (κ2) is 6.55. The van der Waals surface area contributed by atoms with E-state index in [0.717, 1.165) is 44.9 Å². The summed E-state index contributed by atoms with van der Waals surface area (Å²) in [6.07, 6.45) is 6.64. The maximum Gasteiger partial charge on any atom is 0.235 e. The number of nitrogens with zero attached hydrogens (tertiary/aromatic N) is 2. The second-order valence-electron chi connectivity index (χ2n) is 6.24. The lowest BCUT2D eigenvalue weighted by molar-refractivity contribution is -0.125. The van der Waals surface area contributed by atoms with Gasteiger partial charge in [0.2, 0.25) is 5.91 Å². The predicted octanol–water partition coefficient (Wildman–Crippen LogP) is 1.17. The van der Waals surface area contributed by atoms with Crippen molar-refractivity contribution in [1.29, 1.82) is 5.26 Å². The Kier molecular flexibility index (Phi) is 5.00. The number of likely N-dealkylation sites (tertiary alicyclic amines) is 1. The van der Waals surface area contributed by atoms with Crippen LogP contribution in [0.1, 0.15) is 51.9 Å². The van der Waals surface area contributed by atoms with Gasteiger partial charge in [-0.1, -0.05) is 6.42 Å². The minimum Gasteiger partial charge on any atom is -0.395 e. The molecule has 1 saturated carbocycles. The van der Waals surface area contributed by atoms with E-state index in [0.29, 0.717) is 6.04 Å². The molecule has 2 fully saturated rings. The van der Waals surface area contributed by atoms with Gasteiger partial charge in [-0.3, -0.25) is 9.69 Å². The summed E-state index contributed by atoms with van der Waals surface area (Å²) in [5.41, 5.74) is -0.648. The van der Waals surface area contributed by atoms with Gasteiger partial charge in [0, 0.05) is 12.1 Å². The third kappa shape index (κ3) is 3.31. The molecule has 0 aromatic carbocycles. The summed E-state index contributed by atoms with van der Waals surface area (Å²) in [5.74, 6) is -0.0827. The zero-order valence-electron chi connectivity index (χ0n) is 12.3. The summed E-state index contributed by atoms with van der Waals surface area (Å²) in [4.78, 5) is 14.3. The zero-order chi connectivity index (χ0) is 14.6. The van der Waals surface area contributed by atoms with Crippen LogP contribution in [0.25, 0.3) is 0 Å². The normalized spacial score (nSPS) is 29.9. The van der Waals surface area contributed by atoms with Crippen LogP contribution in [-0.4, -0.2) is 46.7 Å². The molecule has 2 N–H and O–H groups in total. The number of aliphatic hydroxyl groups is 1. The first-order chi connectivity index (χ1) is 9.60. The van der Waals surface area contributed by atoms with E-state index >= 15 is 0 Å². The van der Waals surface area contributed by atoms with E-state index in [4.69, 9.17) is 0 Å². The van der Waals surface area contributed by atoms with Crippen LogP contribution < -0.4 is 5.32 Å². The minimum atomic E-state index is -0.648. The SMILES string of the molecule is CC1CCCC(CO)N1CC(=O)NC1(C#N)CCCC1. The Morgan fingerprint density at radius 2 is 2.10 bits per heavy atom. The van der Waals surface area contributed by atoms with Gasteiger partial charge >= 0.3 is 0 Å². The van der Waals surface area contributed by atoms with Crippen molar-refractivity contribution in [3.05, 3.63) is 0 Å².